The summed E-state index contributed by atoms with van der Waals surface area (Å²) in [6, 6.07) is 8.67. The summed E-state index contributed by atoms with van der Waals surface area (Å²) in [7, 11) is 0. The van der Waals surface area contributed by atoms with Crippen LogP contribution in [0.15, 0.2) is 24.3 Å². The van der Waals surface area contributed by atoms with Gasteiger partial charge >= 0.3 is 5.97 Å². The van der Waals surface area contributed by atoms with Gasteiger partial charge in [0, 0.05) is 5.41 Å². The van der Waals surface area contributed by atoms with Crippen molar-refractivity contribution >= 4 is 5.97 Å². The second-order valence-corrected chi connectivity index (χ2v) is 5.57. The van der Waals surface area contributed by atoms with E-state index < -0.39 is 0 Å². The molecule has 3 rings (SSSR count). The molecule has 2 fully saturated rings. The maximum atomic E-state index is 11.9. The van der Waals surface area contributed by atoms with Crippen LogP contribution in [0.5, 0.6) is 0 Å². The molecule has 3 unspecified atom stereocenters. The smallest absolute Gasteiger partial charge is 0.310 e. The summed E-state index contributed by atoms with van der Waals surface area (Å²) in [4.78, 5) is 11.9. The van der Waals surface area contributed by atoms with E-state index in [4.69, 9.17) is 4.74 Å². The molecule has 2 saturated carbocycles. The predicted molar refractivity (Wildman–Crippen MR) is 70.3 cm³/mol. The quantitative estimate of drug-likeness (QED) is 0.761. The molecule has 18 heavy (non-hydrogen) atoms. The molecular weight excluding hydrogens is 224 g/mol. The average molecular weight is 244 g/mol. The van der Waals surface area contributed by atoms with Crippen molar-refractivity contribution in [1.82, 2.24) is 0 Å². The first-order chi connectivity index (χ1) is 8.67. The van der Waals surface area contributed by atoms with E-state index in [1.807, 2.05) is 6.92 Å². The molecule has 0 bridgehead atoms. The minimum Gasteiger partial charge on any atom is -0.466 e. The zero-order chi connectivity index (χ0) is 12.9. The van der Waals surface area contributed by atoms with E-state index in [0.717, 1.165) is 6.42 Å². The lowest BCUT2D eigenvalue weighted by Gasteiger charge is -2.17. The topological polar surface area (TPSA) is 26.3 Å². The van der Waals surface area contributed by atoms with Gasteiger partial charge in [0.25, 0.3) is 0 Å². The Hall–Kier alpha value is -1.31. The Labute approximate surface area is 108 Å². The molecule has 2 nitrogen and oxygen atoms in total. The molecule has 2 heteroatoms. The normalized spacial score (nSPS) is 35.8. The van der Waals surface area contributed by atoms with E-state index in [0.29, 0.717) is 18.4 Å². The molecule has 0 aliphatic heterocycles. The second-order valence-electron chi connectivity index (χ2n) is 5.57. The van der Waals surface area contributed by atoms with Crippen molar-refractivity contribution in [3.05, 3.63) is 35.4 Å². The number of carbonyl (C=O) groups excluding carboxylic acids is 1. The molecule has 1 aromatic carbocycles. The summed E-state index contributed by atoms with van der Waals surface area (Å²) in [6.07, 6.45) is 1.16. The lowest BCUT2D eigenvalue weighted by molar-refractivity contribution is -0.146. The van der Waals surface area contributed by atoms with Crippen molar-refractivity contribution in [2.45, 2.75) is 32.6 Å². The Kier molecular flexibility index (Phi) is 2.51. The van der Waals surface area contributed by atoms with Crippen LogP contribution in [0.4, 0.5) is 0 Å². The Bertz CT molecular complexity index is 476. The highest BCUT2D eigenvalue weighted by Crippen LogP contribution is 2.85. The first-order valence-corrected chi connectivity index (χ1v) is 6.91. The van der Waals surface area contributed by atoms with Gasteiger partial charge in [-0.25, -0.2) is 0 Å². The van der Waals surface area contributed by atoms with E-state index in [1.165, 1.54) is 11.1 Å². The molecule has 1 aromatic rings. The number of aryl methyl sites for hydroxylation is 1. The average Bonchev–Trinajstić information content (AvgIpc) is 3.19. The number of rotatable bonds is 4. The molecular formula is C16H20O2. The van der Waals surface area contributed by atoms with E-state index in [9.17, 15) is 4.79 Å². The standard InChI is InChI=1S/C16H20O2/c1-4-12-13-14(15(17)18-5-2)16(12,13)11-8-6-10(3)7-9-11/h6-9,12-14H,4-5H2,1-3H3/t12?,13?,14-,16?/m0/s1. The fourth-order valence-electron chi connectivity index (χ4n) is 3.89. The second kappa shape index (κ2) is 3.84. The SMILES string of the molecule is CCOC(=O)[C@@H]1C2C(CC)C21c1ccc(C)cc1. The Morgan fingerprint density at radius 1 is 1.28 bits per heavy atom. The van der Waals surface area contributed by atoms with Gasteiger partial charge < -0.3 is 4.74 Å². The Balaban J connectivity index is 1.85. The van der Waals surface area contributed by atoms with Crippen molar-refractivity contribution in [2.24, 2.45) is 17.8 Å². The van der Waals surface area contributed by atoms with E-state index in [1.54, 1.807) is 0 Å². The third kappa shape index (κ3) is 1.32. The minimum absolute atomic E-state index is 0.00720. The first-order valence-electron chi connectivity index (χ1n) is 6.91. The van der Waals surface area contributed by atoms with Crippen LogP contribution in [0.3, 0.4) is 0 Å². The number of hydrogen-bond acceptors (Lipinski definition) is 2. The van der Waals surface area contributed by atoms with Crippen LogP contribution >= 0.6 is 0 Å². The maximum absolute atomic E-state index is 11.9. The van der Waals surface area contributed by atoms with Gasteiger partial charge in [-0.05, 0) is 31.2 Å². The maximum Gasteiger partial charge on any atom is 0.310 e. The molecule has 4 atom stereocenters. The molecule has 0 radical (unpaired) electrons. The summed E-state index contributed by atoms with van der Waals surface area (Å²) in [5, 5.41) is 0. The summed E-state index contributed by atoms with van der Waals surface area (Å²) < 4.78 is 5.19. The van der Waals surface area contributed by atoms with Crippen LogP contribution in [0.2, 0.25) is 0 Å². The Morgan fingerprint density at radius 3 is 2.50 bits per heavy atom. The lowest BCUT2D eigenvalue weighted by Crippen LogP contribution is -2.22. The summed E-state index contributed by atoms with van der Waals surface area (Å²) in [5.74, 6) is 1.37. The predicted octanol–water partition coefficient (Wildman–Crippen LogP) is 3.08. The van der Waals surface area contributed by atoms with Gasteiger partial charge in [0.1, 0.15) is 0 Å². The third-order valence-electron chi connectivity index (χ3n) is 4.79. The van der Waals surface area contributed by atoms with Crippen molar-refractivity contribution < 1.29 is 9.53 Å². The van der Waals surface area contributed by atoms with E-state index in [2.05, 4.69) is 38.1 Å². The molecule has 0 N–H and O–H groups in total. The first kappa shape index (κ1) is 11.8. The number of carbonyl (C=O) groups is 1. The van der Waals surface area contributed by atoms with Gasteiger partial charge in [-0.1, -0.05) is 43.2 Å². The monoisotopic (exact) mass is 244 g/mol. The van der Waals surface area contributed by atoms with Crippen molar-refractivity contribution in [2.75, 3.05) is 6.61 Å². The van der Waals surface area contributed by atoms with Crippen LogP contribution in [0, 0.1) is 24.7 Å². The van der Waals surface area contributed by atoms with Crippen LogP contribution < -0.4 is 0 Å². The number of hydrogen-bond donors (Lipinski definition) is 0. The van der Waals surface area contributed by atoms with Gasteiger partial charge in [0.05, 0.1) is 12.5 Å². The highest BCUT2D eigenvalue weighted by atomic mass is 16.5. The molecule has 0 saturated heterocycles. The van der Waals surface area contributed by atoms with E-state index in [-0.39, 0.29) is 17.3 Å². The Morgan fingerprint density at radius 2 is 1.94 bits per heavy atom. The van der Waals surface area contributed by atoms with Crippen LogP contribution in [0.25, 0.3) is 0 Å². The molecule has 0 amide bonds. The number of esters is 1. The summed E-state index contributed by atoms with van der Waals surface area (Å²) in [5.41, 5.74) is 2.74. The molecule has 0 heterocycles. The number of benzene rings is 1. The fraction of sp³-hybridized carbons (Fsp3) is 0.562. The largest absolute Gasteiger partial charge is 0.466 e. The van der Waals surface area contributed by atoms with Crippen LogP contribution in [-0.4, -0.2) is 12.6 Å². The van der Waals surface area contributed by atoms with Crippen molar-refractivity contribution in [3.8, 4) is 0 Å². The molecule has 0 aromatic heterocycles. The molecule has 96 valence electrons. The number of ether oxygens (including phenoxy) is 1. The van der Waals surface area contributed by atoms with E-state index >= 15 is 0 Å². The van der Waals surface area contributed by atoms with Crippen LogP contribution in [0.1, 0.15) is 31.4 Å². The highest BCUT2D eigenvalue weighted by Gasteiger charge is 2.88. The van der Waals surface area contributed by atoms with Gasteiger partial charge in [-0.15, -0.1) is 0 Å². The van der Waals surface area contributed by atoms with Gasteiger partial charge in [-0.3, -0.25) is 4.79 Å². The molecule has 2 aliphatic rings. The van der Waals surface area contributed by atoms with Crippen molar-refractivity contribution in [1.29, 1.82) is 0 Å². The van der Waals surface area contributed by atoms with Gasteiger partial charge in [-0.2, -0.15) is 0 Å². The highest BCUT2D eigenvalue weighted by molar-refractivity contribution is 5.84. The zero-order valence-electron chi connectivity index (χ0n) is 11.3. The third-order valence-corrected chi connectivity index (χ3v) is 4.79. The van der Waals surface area contributed by atoms with Crippen molar-refractivity contribution in [3.63, 3.8) is 0 Å². The van der Waals surface area contributed by atoms with Gasteiger partial charge in [0.15, 0.2) is 0 Å². The minimum atomic E-state index is 0.00720. The zero-order valence-corrected chi connectivity index (χ0v) is 11.3. The summed E-state index contributed by atoms with van der Waals surface area (Å²) >= 11 is 0. The molecule has 2 aliphatic carbocycles. The van der Waals surface area contributed by atoms with Gasteiger partial charge in [0.2, 0.25) is 0 Å². The summed E-state index contributed by atoms with van der Waals surface area (Å²) in [6.45, 7) is 6.68. The number of fused-ring (bicyclic) bond motifs is 1. The molecule has 0 spiro atoms. The fourth-order valence-corrected chi connectivity index (χ4v) is 3.89. The van der Waals surface area contributed by atoms with Crippen LogP contribution in [-0.2, 0) is 14.9 Å². The lowest BCUT2D eigenvalue weighted by atomic mass is 9.88.